The van der Waals surface area contributed by atoms with Gasteiger partial charge in [0.05, 0.1) is 31.4 Å². The van der Waals surface area contributed by atoms with Crippen molar-refractivity contribution in [1.82, 2.24) is 5.32 Å². The topological polar surface area (TPSA) is 51.5 Å². The highest BCUT2D eigenvalue weighted by Gasteiger charge is 2.07. The number of hydrogen-bond acceptors (Lipinski definition) is 3. The quantitative estimate of drug-likeness (QED) is 0.916. The Kier molecular flexibility index (Phi) is 4.47. The number of methoxy groups -OCH3 is 1. The van der Waals surface area contributed by atoms with Gasteiger partial charge in [-0.25, -0.2) is 0 Å². The van der Waals surface area contributed by atoms with Gasteiger partial charge < -0.3 is 14.5 Å². The highest BCUT2D eigenvalue weighted by Crippen LogP contribution is 2.25. The summed E-state index contributed by atoms with van der Waals surface area (Å²) in [5.41, 5.74) is 0.836. The molecular formula is C14H14ClNO3. The van der Waals surface area contributed by atoms with E-state index in [1.54, 1.807) is 31.6 Å². The second-order valence-corrected chi connectivity index (χ2v) is 4.41. The van der Waals surface area contributed by atoms with Crippen LogP contribution in [0, 0.1) is 0 Å². The van der Waals surface area contributed by atoms with Crippen molar-refractivity contribution < 1.29 is 13.9 Å². The first-order chi connectivity index (χ1) is 9.19. The van der Waals surface area contributed by atoms with E-state index >= 15 is 0 Å². The number of hydrogen-bond donors (Lipinski definition) is 1. The normalized spacial score (nSPS) is 10.2. The zero-order valence-electron chi connectivity index (χ0n) is 10.5. The molecule has 0 radical (unpaired) electrons. The summed E-state index contributed by atoms with van der Waals surface area (Å²) in [7, 11) is 1.55. The van der Waals surface area contributed by atoms with Crippen LogP contribution in [-0.2, 0) is 17.8 Å². The predicted octanol–water partition coefficient (Wildman–Crippen LogP) is 2.80. The van der Waals surface area contributed by atoms with Crippen molar-refractivity contribution in [1.29, 1.82) is 0 Å². The molecular weight excluding hydrogens is 266 g/mol. The molecule has 2 rings (SSSR count). The van der Waals surface area contributed by atoms with Crippen LogP contribution in [0.3, 0.4) is 0 Å². The molecule has 0 aliphatic rings. The summed E-state index contributed by atoms with van der Waals surface area (Å²) >= 11 is 6.00. The van der Waals surface area contributed by atoms with Crippen LogP contribution >= 0.6 is 11.6 Å². The van der Waals surface area contributed by atoms with Gasteiger partial charge in [-0.05, 0) is 29.8 Å². The average Bonchev–Trinajstić information content (AvgIpc) is 2.90. The summed E-state index contributed by atoms with van der Waals surface area (Å²) in [4.78, 5) is 11.7. The minimum absolute atomic E-state index is 0.0855. The van der Waals surface area contributed by atoms with Crippen LogP contribution < -0.4 is 10.1 Å². The number of halogens is 1. The van der Waals surface area contributed by atoms with Crippen LogP contribution in [-0.4, -0.2) is 13.0 Å². The van der Waals surface area contributed by atoms with Crippen LogP contribution in [0.15, 0.2) is 41.0 Å². The number of amides is 1. The summed E-state index contributed by atoms with van der Waals surface area (Å²) in [6.07, 6.45) is 1.84. The van der Waals surface area contributed by atoms with Gasteiger partial charge in [-0.3, -0.25) is 4.79 Å². The Morgan fingerprint density at radius 3 is 2.89 bits per heavy atom. The number of ether oxygens (including phenoxy) is 1. The summed E-state index contributed by atoms with van der Waals surface area (Å²) in [5.74, 6) is 1.24. The number of benzene rings is 1. The molecule has 0 fully saturated rings. The third-order valence-corrected chi connectivity index (χ3v) is 2.92. The number of nitrogens with one attached hydrogen (secondary N) is 1. The maximum atomic E-state index is 11.7. The molecule has 0 atom stereocenters. The average molecular weight is 280 g/mol. The zero-order chi connectivity index (χ0) is 13.7. The Balaban J connectivity index is 1.90. The second kappa shape index (κ2) is 6.29. The molecule has 0 saturated heterocycles. The Bertz CT molecular complexity index is 552. The molecule has 0 saturated carbocycles. The first-order valence-corrected chi connectivity index (χ1v) is 6.18. The molecule has 0 aliphatic heterocycles. The van der Waals surface area contributed by atoms with Gasteiger partial charge in [-0.15, -0.1) is 0 Å². The smallest absolute Gasteiger partial charge is 0.224 e. The molecule has 100 valence electrons. The van der Waals surface area contributed by atoms with Crippen molar-refractivity contribution in [3.8, 4) is 5.75 Å². The van der Waals surface area contributed by atoms with Crippen molar-refractivity contribution in [2.24, 2.45) is 0 Å². The molecule has 0 aliphatic carbocycles. The molecule has 0 bridgehead atoms. The fraction of sp³-hybridized carbons (Fsp3) is 0.214. The molecule has 5 heteroatoms. The SMILES string of the molecule is COc1ccc(CC(=O)NCc2ccco2)cc1Cl. The highest BCUT2D eigenvalue weighted by molar-refractivity contribution is 6.32. The lowest BCUT2D eigenvalue weighted by Crippen LogP contribution is -2.24. The molecule has 0 spiro atoms. The summed E-state index contributed by atoms with van der Waals surface area (Å²) in [6, 6.07) is 8.89. The van der Waals surface area contributed by atoms with Crippen LogP contribution in [0.2, 0.25) is 5.02 Å². The fourth-order valence-electron chi connectivity index (χ4n) is 1.67. The van der Waals surface area contributed by atoms with Crippen molar-refractivity contribution in [2.75, 3.05) is 7.11 Å². The Morgan fingerprint density at radius 1 is 1.42 bits per heavy atom. The Labute approximate surface area is 116 Å². The predicted molar refractivity (Wildman–Crippen MR) is 72.3 cm³/mol. The largest absolute Gasteiger partial charge is 0.495 e. The van der Waals surface area contributed by atoms with Crippen molar-refractivity contribution >= 4 is 17.5 Å². The maximum Gasteiger partial charge on any atom is 0.224 e. The van der Waals surface area contributed by atoms with Gasteiger partial charge >= 0.3 is 0 Å². The van der Waals surface area contributed by atoms with E-state index in [4.69, 9.17) is 20.8 Å². The van der Waals surface area contributed by atoms with Gasteiger partial charge in [-0.2, -0.15) is 0 Å². The number of rotatable bonds is 5. The zero-order valence-corrected chi connectivity index (χ0v) is 11.2. The third kappa shape index (κ3) is 3.76. The number of carbonyl (C=O) groups is 1. The lowest BCUT2D eigenvalue weighted by atomic mass is 10.1. The monoisotopic (exact) mass is 279 g/mol. The van der Waals surface area contributed by atoms with Crippen LogP contribution in [0.1, 0.15) is 11.3 Å². The molecule has 4 nitrogen and oxygen atoms in total. The lowest BCUT2D eigenvalue weighted by molar-refractivity contribution is -0.120. The maximum absolute atomic E-state index is 11.7. The number of carbonyl (C=O) groups excluding carboxylic acids is 1. The van der Waals surface area contributed by atoms with Gasteiger partial charge in [0, 0.05) is 0 Å². The van der Waals surface area contributed by atoms with Crippen LogP contribution in [0.5, 0.6) is 5.75 Å². The molecule has 2 aromatic rings. The van der Waals surface area contributed by atoms with E-state index in [0.717, 1.165) is 11.3 Å². The van der Waals surface area contributed by atoms with E-state index in [2.05, 4.69) is 5.32 Å². The van der Waals surface area contributed by atoms with Gasteiger partial charge in [-0.1, -0.05) is 17.7 Å². The third-order valence-electron chi connectivity index (χ3n) is 2.62. The van der Waals surface area contributed by atoms with E-state index < -0.39 is 0 Å². The first kappa shape index (κ1) is 13.5. The second-order valence-electron chi connectivity index (χ2n) is 4.00. The molecule has 1 amide bonds. The minimum atomic E-state index is -0.0855. The van der Waals surface area contributed by atoms with Crippen LogP contribution in [0.4, 0.5) is 0 Å². The van der Waals surface area contributed by atoms with Crippen molar-refractivity contribution in [2.45, 2.75) is 13.0 Å². The van der Waals surface area contributed by atoms with E-state index in [0.29, 0.717) is 17.3 Å². The van der Waals surface area contributed by atoms with E-state index in [9.17, 15) is 4.79 Å². The molecule has 19 heavy (non-hydrogen) atoms. The summed E-state index contributed by atoms with van der Waals surface area (Å²) in [5, 5.41) is 3.27. The fourth-order valence-corrected chi connectivity index (χ4v) is 1.95. The standard InChI is InChI=1S/C14H14ClNO3/c1-18-13-5-4-10(7-12(13)15)8-14(17)16-9-11-3-2-6-19-11/h2-7H,8-9H2,1H3,(H,16,17). The molecule has 1 N–H and O–H groups in total. The molecule has 1 heterocycles. The molecule has 1 aromatic heterocycles. The lowest BCUT2D eigenvalue weighted by Gasteiger charge is -2.06. The minimum Gasteiger partial charge on any atom is -0.495 e. The van der Waals surface area contributed by atoms with Gasteiger partial charge in [0.15, 0.2) is 0 Å². The summed E-state index contributed by atoms with van der Waals surface area (Å²) in [6.45, 7) is 0.385. The Morgan fingerprint density at radius 2 is 2.26 bits per heavy atom. The van der Waals surface area contributed by atoms with E-state index in [1.165, 1.54) is 0 Å². The summed E-state index contributed by atoms with van der Waals surface area (Å²) < 4.78 is 10.2. The Hall–Kier alpha value is -1.94. The molecule has 0 unspecified atom stereocenters. The van der Waals surface area contributed by atoms with E-state index in [1.807, 2.05) is 12.1 Å². The van der Waals surface area contributed by atoms with Gasteiger partial charge in [0.2, 0.25) is 5.91 Å². The van der Waals surface area contributed by atoms with Gasteiger partial charge in [0.25, 0.3) is 0 Å². The van der Waals surface area contributed by atoms with Gasteiger partial charge in [0.1, 0.15) is 11.5 Å². The number of furan rings is 1. The van der Waals surface area contributed by atoms with Crippen molar-refractivity contribution in [3.05, 3.63) is 52.9 Å². The van der Waals surface area contributed by atoms with Crippen molar-refractivity contribution in [3.63, 3.8) is 0 Å². The van der Waals surface area contributed by atoms with Crippen LogP contribution in [0.25, 0.3) is 0 Å². The molecule has 1 aromatic carbocycles. The first-order valence-electron chi connectivity index (χ1n) is 5.80. The highest BCUT2D eigenvalue weighted by atomic mass is 35.5. The van der Waals surface area contributed by atoms with E-state index in [-0.39, 0.29) is 12.3 Å².